The van der Waals surface area contributed by atoms with Crippen molar-refractivity contribution >= 4 is 19.3 Å². The van der Waals surface area contributed by atoms with E-state index in [4.69, 9.17) is 10.00 Å². The molecule has 5 heteroatoms. The number of aliphatic carboxylic acids is 1. The van der Waals surface area contributed by atoms with Gasteiger partial charge in [-0.2, -0.15) is 0 Å². The molecule has 0 aromatic heterocycles. The Bertz CT molecular complexity index is 386. The van der Waals surface area contributed by atoms with Gasteiger partial charge in [0.25, 0.3) is 0 Å². The molecule has 14 heavy (non-hydrogen) atoms. The van der Waals surface area contributed by atoms with Gasteiger partial charge in [0.2, 0.25) is 8.03 Å². The molecular weight excluding hydrogens is 203 g/mol. The Kier molecular flexibility index (Phi) is 3.44. The number of hydrogen-bond donors (Lipinski definition) is 2. The van der Waals surface area contributed by atoms with Crippen LogP contribution in [0.15, 0.2) is 18.2 Å². The summed E-state index contributed by atoms with van der Waals surface area (Å²) in [7, 11) is -2.82. The standard InChI is InChI=1S/C9H11O4P/c1-6-2-3-8(14(12)13)7(4-6)5-9(10)11/h2-4,14H,5H2,1H3,(H,10,11)(H,12,13). The molecule has 0 saturated carbocycles. The summed E-state index contributed by atoms with van der Waals surface area (Å²) in [6.07, 6.45) is -0.214. The van der Waals surface area contributed by atoms with Crippen LogP contribution >= 0.6 is 8.03 Å². The molecule has 0 fully saturated rings. The van der Waals surface area contributed by atoms with E-state index in [1.165, 1.54) is 6.07 Å². The minimum atomic E-state index is -2.82. The lowest BCUT2D eigenvalue weighted by molar-refractivity contribution is -0.136. The van der Waals surface area contributed by atoms with Crippen molar-refractivity contribution in [3.63, 3.8) is 0 Å². The second kappa shape index (κ2) is 4.40. The van der Waals surface area contributed by atoms with Crippen LogP contribution in [-0.2, 0) is 15.8 Å². The minimum Gasteiger partial charge on any atom is -0.481 e. The maximum Gasteiger partial charge on any atom is 0.307 e. The topological polar surface area (TPSA) is 74.6 Å². The van der Waals surface area contributed by atoms with Gasteiger partial charge in [-0.3, -0.25) is 9.36 Å². The third kappa shape index (κ3) is 2.69. The van der Waals surface area contributed by atoms with Crippen LogP contribution in [-0.4, -0.2) is 16.0 Å². The van der Waals surface area contributed by atoms with E-state index >= 15 is 0 Å². The second-order valence-corrected chi connectivity index (χ2v) is 4.19. The van der Waals surface area contributed by atoms with Crippen LogP contribution in [0.3, 0.4) is 0 Å². The number of aryl methyl sites for hydroxylation is 1. The Morgan fingerprint density at radius 1 is 1.50 bits per heavy atom. The van der Waals surface area contributed by atoms with Crippen LogP contribution in [0, 0.1) is 6.92 Å². The van der Waals surface area contributed by atoms with Crippen LogP contribution in [0.4, 0.5) is 0 Å². The lowest BCUT2D eigenvalue weighted by Gasteiger charge is -2.05. The Hall–Kier alpha value is -1.12. The minimum absolute atomic E-state index is 0.214. The van der Waals surface area contributed by atoms with E-state index in [0.29, 0.717) is 5.56 Å². The first-order valence-electron chi connectivity index (χ1n) is 4.05. The smallest absolute Gasteiger partial charge is 0.307 e. The van der Waals surface area contributed by atoms with Gasteiger partial charge in [-0.1, -0.05) is 17.7 Å². The van der Waals surface area contributed by atoms with Crippen molar-refractivity contribution in [2.45, 2.75) is 13.3 Å². The van der Waals surface area contributed by atoms with Gasteiger partial charge in [-0.05, 0) is 18.6 Å². The average Bonchev–Trinajstić information content (AvgIpc) is 2.01. The summed E-state index contributed by atoms with van der Waals surface area (Å²) in [5, 5.41) is 8.83. The van der Waals surface area contributed by atoms with Crippen molar-refractivity contribution in [2.24, 2.45) is 0 Å². The Balaban J connectivity index is 3.15. The summed E-state index contributed by atoms with van der Waals surface area (Å²) >= 11 is 0. The van der Waals surface area contributed by atoms with Crippen LogP contribution in [0.25, 0.3) is 0 Å². The summed E-state index contributed by atoms with van der Waals surface area (Å²) < 4.78 is 10.9. The van der Waals surface area contributed by atoms with Crippen molar-refractivity contribution in [3.8, 4) is 0 Å². The van der Waals surface area contributed by atoms with Gasteiger partial charge in [-0.15, -0.1) is 0 Å². The van der Waals surface area contributed by atoms with Crippen LogP contribution in [0.2, 0.25) is 0 Å². The van der Waals surface area contributed by atoms with Crippen molar-refractivity contribution in [2.75, 3.05) is 0 Å². The highest BCUT2D eigenvalue weighted by molar-refractivity contribution is 7.47. The molecule has 1 rings (SSSR count). The van der Waals surface area contributed by atoms with Crippen molar-refractivity contribution in [1.29, 1.82) is 0 Å². The van der Waals surface area contributed by atoms with Gasteiger partial charge in [0, 0.05) is 5.30 Å². The molecule has 1 aromatic rings. The fourth-order valence-corrected chi connectivity index (χ4v) is 1.90. The van der Waals surface area contributed by atoms with Gasteiger partial charge in [0.05, 0.1) is 6.42 Å². The number of carboxylic acids is 1. The first kappa shape index (κ1) is 11.0. The Morgan fingerprint density at radius 2 is 2.14 bits per heavy atom. The SMILES string of the molecule is Cc1ccc([PH](=O)O)c(CC(=O)O)c1. The molecule has 1 aromatic carbocycles. The molecule has 0 spiro atoms. The fourth-order valence-electron chi connectivity index (χ4n) is 1.24. The molecule has 0 radical (unpaired) electrons. The molecule has 0 aliphatic heterocycles. The van der Waals surface area contributed by atoms with Crippen LogP contribution in [0.1, 0.15) is 11.1 Å². The average molecular weight is 214 g/mol. The van der Waals surface area contributed by atoms with Crippen molar-refractivity contribution in [1.82, 2.24) is 0 Å². The highest BCUT2D eigenvalue weighted by Gasteiger charge is 2.10. The van der Waals surface area contributed by atoms with Crippen LogP contribution < -0.4 is 5.30 Å². The number of benzene rings is 1. The van der Waals surface area contributed by atoms with E-state index in [-0.39, 0.29) is 11.7 Å². The molecule has 0 amide bonds. The van der Waals surface area contributed by atoms with Gasteiger partial charge >= 0.3 is 5.97 Å². The van der Waals surface area contributed by atoms with Crippen molar-refractivity contribution in [3.05, 3.63) is 29.3 Å². The normalized spacial score (nSPS) is 12.4. The van der Waals surface area contributed by atoms with E-state index in [2.05, 4.69) is 0 Å². The maximum atomic E-state index is 10.9. The molecule has 0 aliphatic rings. The summed E-state index contributed by atoms with van der Waals surface area (Å²) in [5.74, 6) is -1.000. The molecule has 0 bridgehead atoms. The van der Waals surface area contributed by atoms with E-state index < -0.39 is 14.0 Å². The molecule has 0 heterocycles. The fraction of sp³-hybridized carbons (Fsp3) is 0.222. The monoisotopic (exact) mass is 214 g/mol. The van der Waals surface area contributed by atoms with E-state index in [1.807, 2.05) is 6.92 Å². The summed E-state index contributed by atoms with van der Waals surface area (Å²) in [6.45, 7) is 1.81. The van der Waals surface area contributed by atoms with E-state index in [0.717, 1.165) is 5.56 Å². The number of carbonyl (C=O) groups is 1. The zero-order valence-electron chi connectivity index (χ0n) is 7.65. The molecule has 2 N–H and O–H groups in total. The zero-order valence-corrected chi connectivity index (χ0v) is 8.65. The van der Waals surface area contributed by atoms with Gasteiger partial charge in [0.1, 0.15) is 0 Å². The molecule has 76 valence electrons. The third-order valence-electron chi connectivity index (χ3n) is 1.83. The zero-order chi connectivity index (χ0) is 10.7. The Morgan fingerprint density at radius 3 is 2.64 bits per heavy atom. The summed E-state index contributed by atoms with van der Waals surface area (Å²) in [4.78, 5) is 19.4. The van der Waals surface area contributed by atoms with E-state index in [1.54, 1.807) is 12.1 Å². The largest absolute Gasteiger partial charge is 0.481 e. The highest BCUT2D eigenvalue weighted by atomic mass is 31.1. The molecular formula is C9H11O4P. The summed E-state index contributed by atoms with van der Waals surface area (Å²) in [5.41, 5.74) is 1.30. The summed E-state index contributed by atoms with van der Waals surface area (Å²) in [6, 6.07) is 4.83. The lowest BCUT2D eigenvalue weighted by atomic mass is 10.1. The lowest BCUT2D eigenvalue weighted by Crippen LogP contribution is -2.11. The molecule has 1 atom stereocenters. The second-order valence-electron chi connectivity index (χ2n) is 3.04. The first-order chi connectivity index (χ1) is 6.50. The predicted octanol–water partition coefficient (Wildman–Crippen LogP) is 0.714. The van der Waals surface area contributed by atoms with Gasteiger partial charge in [-0.25, -0.2) is 0 Å². The van der Waals surface area contributed by atoms with E-state index in [9.17, 15) is 9.36 Å². The molecule has 1 unspecified atom stereocenters. The van der Waals surface area contributed by atoms with Crippen LogP contribution in [0.5, 0.6) is 0 Å². The maximum absolute atomic E-state index is 10.9. The first-order valence-corrected chi connectivity index (χ1v) is 5.41. The predicted molar refractivity (Wildman–Crippen MR) is 53.4 cm³/mol. The molecule has 4 nitrogen and oxygen atoms in total. The number of rotatable bonds is 3. The third-order valence-corrected chi connectivity index (χ3v) is 2.78. The highest BCUT2D eigenvalue weighted by Crippen LogP contribution is 2.17. The molecule has 0 saturated heterocycles. The van der Waals surface area contributed by atoms with Gasteiger partial charge < -0.3 is 10.00 Å². The Labute approximate surface area is 82.1 Å². The van der Waals surface area contributed by atoms with Crippen molar-refractivity contribution < 1.29 is 19.4 Å². The number of hydrogen-bond acceptors (Lipinski definition) is 2. The van der Waals surface area contributed by atoms with Gasteiger partial charge in [0.15, 0.2) is 0 Å². The quantitative estimate of drug-likeness (QED) is 0.727. The molecule has 0 aliphatic carbocycles. The number of carboxylic acid groups (broad SMARTS) is 1.